The minimum atomic E-state index is 0.147. The van der Waals surface area contributed by atoms with Crippen LogP contribution in [0.2, 0.25) is 0 Å². The van der Waals surface area contributed by atoms with E-state index in [-0.39, 0.29) is 5.91 Å². The van der Waals surface area contributed by atoms with Crippen LogP contribution in [-0.4, -0.2) is 19.0 Å². The van der Waals surface area contributed by atoms with Crippen molar-refractivity contribution in [1.29, 1.82) is 0 Å². The predicted molar refractivity (Wildman–Crippen MR) is 87.3 cm³/mol. The van der Waals surface area contributed by atoms with Crippen LogP contribution in [0, 0.1) is 5.92 Å². The molecule has 2 atom stereocenters. The molecule has 1 aliphatic rings. The molecule has 2 rings (SSSR count). The Kier molecular flexibility index (Phi) is 5.80. The number of nitrogens with one attached hydrogen (secondary N) is 2. The second-order valence-electron chi connectivity index (χ2n) is 6.56. The Balaban J connectivity index is 1.82. The minimum absolute atomic E-state index is 0.147. The molecule has 3 nitrogen and oxygen atoms in total. The molecule has 2 unspecified atom stereocenters. The fourth-order valence-electron chi connectivity index (χ4n) is 2.98. The fourth-order valence-corrected chi connectivity index (χ4v) is 2.98. The first-order chi connectivity index (χ1) is 10.1. The van der Waals surface area contributed by atoms with E-state index in [2.05, 4.69) is 55.7 Å². The molecule has 0 saturated heterocycles. The third-order valence-corrected chi connectivity index (χ3v) is 4.24. The first-order valence-corrected chi connectivity index (χ1v) is 8.16. The molecule has 1 aromatic rings. The van der Waals surface area contributed by atoms with E-state index in [0.29, 0.717) is 24.3 Å². The van der Waals surface area contributed by atoms with Crippen molar-refractivity contribution in [1.82, 2.24) is 10.6 Å². The van der Waals surface area contributed by atoms with Crippen molar-refractivity contribution in [3.8, 4) is 0 Å². The lowest BCUT2D eigenvalue weighted by Crippen LogP contribution is -2.32. The molecular weight excluding hydrogens is 260 g/mol. The van der Waals surface area contributed by atoms with Crippen LogP contribution < -0.4 is 10.6 Å². The molecule has 0 heterocycles. The van der Waals surface area contributed by atoms with Crippen LogP contribution in [0.5, 0.6) is 0 Å². The fraction of sp³-hybridized carbons (Fsp3) is 0.611. The van der Waals surface area contributed by atoms with Crippen molar-refractivity contribution in [3.05, 3.63) is 35.4 Å². The summed E-state index contributed by atoms with van der Waals surface area (Å²) in [5.74, 6) is 1.30. The van der Waals surface area contributed by atoms with Crippen molar-refractivity contribution < 1.29 is 4.79 Å². The minimum Gasteiger partial charge on any atom is -0.356 e. The molecule has 1 aromatic carbocycles. The highest BCUT2D eigenvalue weighted by molar-refractivity contribution is 5.76. The third kappa shape index (κ3) is 4.57. The Morgan fingerprint density at radius 1 is 1.24 bits per heavy atom. The summed E-state index contributed by atoms with van der Waals surface area (Å²) in [6.07, 6.45) is 2.93. The molecule has 0 spiro atoms. The van der Waals surface area contributed by atoms with Crippen LogP contribution in [0.15, 0.2) is 24.3 Å². The van der Waals surface area contributed by atoms with Gasteiger partial charge in [0.25, 0.3) is 0 Å². The normalized spacial score (nSPS) is 21.1. The van der Waals surface area contributed by atoms with Gasteiger partial charge in [-0.3, -0.25) is 4.79 Å². The molecule has 21 heavy (non-hydrogen) atoms. The number of rotatable bonds is 6. The van der Waals surface area contributed by atoms with Gasteiger partial charge in [-0.15, -0.1) is 0 Å². The van der Waals surface area contributed by atoms with E-state index in [1.807, 2.05) is 0 Å². The van der Waals surface area contributed by atoms with E-state index in [4.69, 9.17) is 0 Å². The Bertz CT molecular complexity index is 470. The average molecular weight is 288 g/mol. The van der Waals surface area contributed by atoms with E-state index >= 15 is 0 Å². The van der Waals surface area contributed by atoms with Crippen molar-refractivity contribution in [2.45, 2.75) is 52.0 Å². The molecular formula is C18H28N2O. The topological polar surface area (TPSA) is 41.1 Å². The Hall–Kier alpha value is -1.35. The van der Waals surface area contributed by atoms with Crippen LogP contribution in [0.3, 0.4) is 0 Å². The molecule has 0 aromatic heterocycles. The first-order valence-electron chi connectivity index (χ1n) is 8.16. The van der Waals surface area contributed by atoms with E-state index in [0.717, 1.165) is 19.5 Å². The zero-order valence-corrected chi connectivity index (χ0v) is 13.5. The highest BCUT2D eigenvalue weighted by Gasteiger charge is 2.23. The van der Waals surface area contributed by atoms with Gasteiger partial charge in [-0.1, -0.05) is 45.0 Å². The second kappa shape index (κ2) is 7.60. The van der Waals surface area contributed by atoms with Gasteiger partial charge in [-0.25, -0.2) is 0 Å². The number of amides is 1. The molecule has 0 aliphatic heterocycles. The summed E-state index contributed by atoms with van der Waals surface area (Å²) in [6.45, 7) is 8.03. The first kappa shape index (κ1) is 16.0. The highest BCUT2D eigenvalue weighted by atomic mass is 16.1. The number of carbonyl (C=O) groups is 1. The predicted octanol–water partition coefficient (Wildman–Crippen LogP) is 3.38. The lowest BCUT2D eigenvalue weighted by Gasteiger charge is -2.30. The summed E-state index contributed by atoms with van der Waals surface area (Å²) < 4.78 is 0. The van der Waals surface area contributed by atoms with Gasteiger partial charge in [0, 0.05) is 25.6 Å². The Morgan fingerprint density at radius 2 is 1.95 bits per heavy atom. The van der Waals surface area contributed by atoms with Gasteiger partial charge < -0.3 is 10.6 Å². The highest BCUT2D eigenvalue weighted by Crippen LogP contribution is 2.36. The van der Waals surface area contributed by atoms with Gasteiger partial charge in [-0.05, 0) is 35.8 Å². The maximum atomic E-state index is 11.7. The maximum Gasteiger partial charge on any atom is 0.221 e. The van der Waals surface area contributed by atoms with Crippen LogP contribution in [0.1, 0.15) is 63.1 Å². The summed E-state index contributed by atoms with van der Waals surface area (Å²) in [4.78, 5) is 11.7. The van der Waals surface area contributed by atoms with Crippen LogP contribution in [-0.2, 0) is 4.79 Å². The van der Waals surface area contributed by atoms with Gasteiger partial charge in [0.2, 0.25) is 5.91 Å². The molecule has 0 bridgehead atoms. The standard InChI is InChI=1S/C18H28N2O/c1-13(2)12-20-18(21)10-11-19-17-9-8-14(3)15-6-4-5-7-16(15)17/h4-7,13-14,17,19H,8-12H2,1-3H3,(H,20,21). The van der Waals surface area contributed by atoms with E-state index in [1.54, 1.807) is 0 Å². The van der Waals surface area contributed by atoms with Crippen LogP contribution in [0.25, 0.3) is 0 Å². The molecule has 0 radical (unpaired) electrons. The monoisotopic (exact) mass is 288 g/mol. The molecule has 1 amide bonds. The van der Waals surface area contributed by atoms with E-state index in [1.165, 1.54) is 17.5 Å². The third-order valence-electron chi connectivity index (χ3n) is 4.24. The molecule has 2 N–H and O–H groups in total. The van der Waals surface area contributed by atoms with Gasteiger partial charge >= 0.3 is 0 Å². The summed E-state index contributed by atoms with van der Waals surface area (Å²) in [6, 6.07) is 9.10. The second-order valence-corrected chi connectivity index (χ2v) is 6.56. The summed E-state index contributed by atoms with van der Waals surface area (Å²) >= 11 is 0. The van der Waals surface area contributed by atoms with Gasteiger partial charge in [0.1, 0.15) is 0 Å². The Labute approximate surface area is 128 Å². The summed E-state index contributed by atoms with van der Waals surface area (Å²) in [5.41, 5.74) is 2.88. The van der Waals surface area contributed by atoms with E-state index in [9.17, 15) is 4.79 Å². The largest absolute Gasteiger partial charge is 0.356 e. The molecule has 3 heteroatoms. The van der Waals surface area contributed by atoms with Crippen molar-refractivity contribution >= 4 is 5.91 Å². The molecule has 0 saturated carbocycles. The zero-order valence-electron chi connectivity index (χ0n) is 13.5. The zero-order chi connectivity index (χ0) is 15.2. The van der Waals surface area contributed by atoms with E-state index < -0.39 is 0 Å². The van der Waals surface area contributed by atoms with Gasteiger partial charge in [0.05, 0.1) is 0 Å². The molecule has 116 valence electrons. The SMILES string of the molecule is CC(C)CNC(=O)CCNC1CCC(C)c2ccccc21. The maximum absolute atomic E-state index is 11.7. The lowest BCUT2D eigenvalue weighted by molar-refractivity contribution is -0.121. The molecule has 0 fully saturated rings. The smallest absolute Gasteiger partial charge is 0.221 e. The summed E-state index contributed by atoms with van der Waals surface area (Å²) in [7, 11) is 0. The lowest BCUT2D eigenvalue weighted by atomic mass is 9.81. The van der Waals surface area contributed by atoms with Crippen LogP contribution >= 0.6 is 0 Å². The van der Waals surface area contributed by atoms with Gasteiger partial charge in [-0.2, -0.15) is 0 Å². The number of hydrogen-bond donors (Lipinski definition) is 2. The van der Waals surface area contributed by atoms with Crippen molar-refractivity contribution in [3.63, 3.8) is 0 Å². The average Bonchev–Trinajstić information content (AvgIpc) is 2.48. The van der Waals surface area contributed by atoms with Crippen molar-refractivity contribution in [2.75, 3.05) is 13.1 Å². The Morgan fingerprint density at radius 3 is 2.67 bits per heavy atom. The van der Waals surface area contributed by atoms with Crippen LogP contribution in [0.4, 0.5) is 0 Å². The number of fused-ring (bicyclic) bond motifs is 1. The summed E-state index contributed by atoms with van der Waals surface area (Å²) in [5, 5.41) is 6.52. The quantitative estimate of drug-likeness (QED) is 0.842. The van der Waals surface area contributed by atoms with Crippen molar-refractivity contribution in [2.24, 2.45) is 5.92 Å². The molecule has 1 aliphatic carbocycles. The number of carbonyl (C=O) groups excluding carboxylic acids is 1. The van der Waals surface area contributed by atoms with Gasteiger partial charge in [0.15, 0.2) is 0 Å². The number of hydrogen-bond acceptors (Lipinski definition) is 2. The number of benzene rings is 1.